The molecule has 0 fully saturated rings. The molecular weight excluding hydrogens is 228 g/mol. The fourth-order valence-electron chi connectivity index (χ4n) is 2.32. The summed E-state index contributed by atoms with van der Waals surface area (Å²) in [5.74, 6) is 1.47. The minimum atomic E-state index is -0.721. The van der Waals surface area contributed by atoms with Crippen LogP contribution in [0.2, 0.25) is 0 Å². The molecule has 1 aliphatic heterocycles. The van der Waals surface area contributed by atoms with Crippen LogP contribution in [-0.4, -0.2) is 11.7 Å². The molecule has 3 rings (SSSR count). The first kappa shape index (κ1) is 11.4. The van der Waals surface area contributed by atoms with Crippen molar-refractivity contribution in [3.63, 3.8) is 0 Å². The Bertz CT molecular complexity index is 555. The second-order valence-corrected chi connectivity index (χ2v) is 5.35. The molecule has 2 heterocycles. The van der Waals surface area contributed by atoms with E-state index in [-0.39, 0.29) is 5.41 Å². The molecular formula is C15H16O3. The molecule has 0 amide bonds. The van der Waals surface area contributed by atoms with Gasteiger partial charge in [0.15, 0.2) is 0 Å². The van der Waals surface area contributed by atoms with Gasteiger partial charge < -0.3 is 14.3 Å². The van der Waals surface area contributed by atoms with Gasteiger partial charge in [0.1, 0.15) is 17.6 Å². The SMILES string of the molecule is CC1(C)COc2ccc(C(O)c3ccco3)cc21. The van der Waals surface area contributed by atoms with Crippen molar-refractivity contribution < 1.29 is 14.3 Å². The molecule has 3 heteroatoms. The molecule has 0 bridgehead atoms. The Balaban J connectivity index is 2.00. The van der Waals surface area contributed by atoms with Gasteiger partial charge in [-0.2, -0.15) is 0 Å². The molecule has 18 heavy (non-hydrogen) atoms. The molecule has 1 N–H and O–H groups in total. The topological polar surface area (TPSA) is 42.6 Å². The lowest BCUT2D eigenvalue weighted by molar-refractivity contribution is 0.189. The first-order valence-electron chi connectivity index (χ1n) is 6.07. The lowest BCUT2D eigenvalue weighted by Gasteiger charge is -2.17. The summed E-state index contributed by atoms with van der Waals surface area (Å²) in [4.78, 5) is 0. The Morgan fingerprint density at radius 2 is 2.11 bits per heavy atom. The van der Waals surface area contributed by atoms with Crippen LogP contribution in [0.3, 0.4) is 0 Å². The van der Waals surface area contributed by atoms with Gasteiger partial charge in [0.05, 0.1) is 12.9 Å². The third-order valence-electron chi connectivity index (χ3n) is 3.45. The predicted molar refractivity (Wildman–Crippen MR) is 67.7 cm³/mol. The zero-order valence-corrected chi connectivity index (χ0v) is 10.5. The van der Waals surface area contributed by atoms with E-state index in [1.807, 2.05) is 18.2 Å². The largest absolute Gasteiger partial charge is 0.492 e. The maximum absolute atomic E-state index is 10.2. The van der Waals surface area contributed by atoms with Gasteiger partial charge in [-0.05, 0) is 29.8 Å². The number of ether oxygens (including phenoxy) is 1. The van der Waals surface area contributed by atoms with E-state index in [1.54, 1.807) is 18.4 Å². The average Bonchev–Trinajstić information content (AvgIpc) is 2.97. The van der Waals surface area contributed by atoms with Crippen molar-refractivity contribution in [1.29, 1.82) is 0 Å². The summed E-state index contributed by atoms with van der Waals surface area (Å²) in [5, 5.41) is 10.2. The van der Waals surface area contributed by atoms with Gasteiger partial charge in [-0.25, -0.2) is 0 Å². The molecule has 1 unspecified atom stereocenters. The molecule has 0 aliphatic carbocycles. The second-order valence-electron chi connectivity index (χ2n) is 5.35. The lowest BCUT2D eigenvalue weighted by Crippen LogP contribution is -2.18. The van der Waals surface area contributed by atoms with E-state index < -0.39 is 6.10 Å². The van der Waals surface area contributed by atoms with Gasteiger partial charge in [-0.1, -0.05) is 19.9 Å². The number of rotatable bonds is 2. The number of benzene rings is 1. The summed E-state index contributed by atoms with van der Waals surface area (Å²) in [6.45, 7) is 4.96. The highest BCUT2D eigenvalue weighted by molar-refractivity contribution is 5.46. The smallest absolute Gasteiger partial charge is 0.137 e. The number of hydrogen-bond donors (Lipinski definition) is 1. The van der Waals surface area contributed by atoms with E-state index >= 15 is 0 Å². The van der Waals surface area contributed by atoms with E-state index in [2.05, 4.69) is 13.8 Å². The Morgan fingerprint density at radius 3 is 2.83 bits per heavy atom. The van der Waals surface area contributed by atoms with Gasteiger partial charge in [0.2, 0.25) is 0 Å². The van der Waals surface area contributed by atoms with Gasteiger partial charge in [0.25, 0.3) is 0 Å². The van der Waals surface area contributed by atoms with E-state index in [1.165, 1.54) is 0 Å². The monoisotopic (exact) mass is 244 g/mol. The highest BCUT2D eigenvalue weighted by Gasteiger charge is 2.32. The van der Waals surface area contributed by atoms with Crippen molar-refractivity contribution in [3.8, 4) is 5.75 Å². The molecule has 0 radical (unpaired) electrons. The minimum absolute atomic E-state index is 0.00573. The van der Waals surface area contributed by atoms with Crippen LogP contribution in [0.15, 0.2) is 41.0 Å². The van der Waals surface area contributed by atoms with E-state index in [9.17, 15) is 5.11 Å². The number of aliphatic hydroxyl groups is 1. The fraction of sp³-hybridized carbons (Fsp3) is 0.333. The minimum Gasteiger partial charge on any atom is -0.492 e. The summed E-state index contributed by atoms with van der Waals surface area (Å²) in [6.07, 6.45) is 0.848. The van der Waals surface area contributed by atoms with Crippen molar-refractivity contribution in [2.45, 2.75) is 25.4 Å². The zero-order chi connectivity index (χ0) is 12.8. The molecule has 0 saturated heterocycles. The highest BCUT2D eigenvalue weighted by atomic mass is 16.5. The third-order valence-corrected chi connectivity index (χ3v) is 3.45. The summed E-state index contributed by atoms with van der Waals surface area (Å²) in [7, 11) is 0. The van der Waals surface area contributed by atoms with Crippen molar-refractivity contribution in [3.05, 3.63) is 53.5 Å². The van der Waals surface area contributed by atoms with Gasteiger partial charge in [-0.3, -0.25) is 0 Å². The van der Waals surface area contributed by atoms with E-state index in [0.29, 0.717) is 12.4 Å². The first-order chi connectivity index (χ1) is 8.58. The molecule has 1 aromatic carbocycles. The second kappa shape index (κ2) is 3.89. The maximum Gasteiger partial charge on any atom is 0.137 e. The van der Waals surface area contributed by atoms with Gasteiger partial charge in [-0.15, -0.1) is 0 Å². The van der Waals surface area contributed by atoms with Crippen molar-refractivity contribution in [1.82, 2.24) is 0 Å². The Labute approximate surface area is 106 Å². The summed E-state index contributed by atoms with van der Waals surface area (Å²) < 4.78 is 10.9. The maximum atomic E-state index is 10.2. The van der Waals surface area contributed by atoms with E-state index in [0.717, 1.165) is 16.9 Å². The van der Waals surface area contributed by atoms with Crippen molar-refractivity contribution in [2.24, 2.45) is 0 Å². The van der Waals surface area contributed by atoms with Crippen LogP contribution >= 0.6 is 0 Å². The van der Waals surface area contributed by atoms with Crippen LogP contribution in [0.1, 0.15) is 36.8 Å². The Hall–Kier alpha value is -1.74. The number of aliphatic hydroxyl groups excluding tert-OH is 1. The summed E-state index contributed by atoms with van der Waals surface area (Å²) >= 11 is 0. The van der Waals surface area contributed by atoms with Crippen LogP contribution in [0.5, 0.6) is 5.75 Å². The quantitative estimate of drug-likeness (QED) is 0.883. The van der Waals surface area contributed by atoms with Crippen molar-refractivity contribution >= 4 is 0 Å². The van der Waals surface area contributed by atoms with Gasteiger partial charge >= 0.3 is 0 Å². The molecule has 94 valence electrons. The average molecular weight is 244 g/mol. The standard InChI is InChI=1S/C15H16O3/c1-15(2)9-18-12-6-5-10(8-11(12)15)14(16)13-4-3-7-17-13/h3-8,14,16H,9H2,1-2H3. The van der Waals surface area contributed by atoms with Gasteiger partial charge in [0, 0.05) is 11.0 Å². The Kier molecular flexibility index (Phi) is 2.45. The fourth-order valence-corrected chi connectivity index (χ4v) is 2.32. The molecule has 3 nitrogen and oxygen atoms in total. The highest BCUT2D eigenvalue weighted by Crippen LogP contribution is 2.40. The van der Waals surface area contributed by atoms with Crippen LogP contribution in [-0.2, 0) is 5.41 Å². The molecule has 1 aromatic heterocycles. The number of fused-ring (bicyclic) bond motifs is 1. The summed E-state index contributed by atoms with van der Waals surface area (Å²) in [6, 6.07) is 9.37. The van der Waals surface area contributed by atoms with Crippen LogP contribution in [0.4, 0.5) is 0 Å². The van der Waals surface area contributed by atoms with Crippen LogP contribution in [0.25, 0.3) is 0 Å². The Morgan fingerprint density at radius 1 is 1.28 bits per heavy atom. The summed E-state index contributed by atoms with van der Waals surface area (Å²) in [5.41, 5.74) is 1.97. The van der Waals surface area contributed by atoms with E-state index in [4.69, 9.17) is 9.15 Å². The lowest BCUT2D eigenvalue weighted by atomic mass is 9.85. The van der Waals surface area contributed by atoms with Crippen LogP contribution in [0, 0.1) is 0 Å². The molecule has 1 atom stereocenters. The third kappa shape index (κ3) is 1.71. The molecule has 0 saturated carbocycles. The zero-order valence-electron chi connectivity index (χ0n) is 10.5. The van der Waals surface area contributed by atoms with Crippen LogP contribution < -0.4 is 4.74 Å². The normalized spacial score (nSPS) is 18.2. The van der Waals surface area contributed by atoms with Crippen molar-refractivity contribution in [2.75, 3.05) is 6.61 Å². The number of hydrogen-bond acceptors (Lipinski definition) is 3. The molecule has 0 spiro atoms. The predicted octanol–water partition coefficient (Wildman–Crippen LogP) is 3.03. The molecule has 1 aliphatic rings. The molecule has 2 aromatic rings. The number of furan rings is 1. The first-order valence-corrected chi connectivity index (χ1v) is 6.07.